The van der Waals surface area contributed by atoms with Gasteiger partial charge in [-0.3, -0.25) is 4.79 Å². The molecule has 2 aromatic rings. The second kappa shape index (κ2) is 6.20. The molecule has 9 heteroatoms. The Bertz CT molecular complexity index is 602. The topological polar surface area (TPSA) is 91.2 Å². The first kappa shape index (κ1) is 14.1. The monoisotopic (exact) mass is 297 g/mol. The summed E-state index contributed by atoms with van der Waals surface area (Å²) in [6, 6.07) is 3.14. The molecular weight excluding hydrogens is 286 g/mol. The third kappa shape index (κ3) is 3.15. The first-order valence-electron chi connectivity index (χ1n) is 5.56. The van der Waals surface area contributed by atoms with Crippen LogP contribution in [0.2, 0.25) is 5.02 Å². The third-order valence-electron chi connectivity index (χ3n) is 2.45. The maximum atomic E-state index is 11.9. The molecule has 0 aliphatic heterocycles. The molecular formula is C11H12ClN5O3. The van der Waals surface area contributed by atoms with Gasteiger partial charge in [0.15, 0.2) is 0 Å². The summed E-state index contributed by atoms with van der Waals surface area (Å²) in [6.07, 6.45) is 1.35. The molecule has 1 aromatic heterocycles. The summed E-state index contributed by atoms with van der Waals surface area (Å²) in [7, 11) is 2.98. The Morgan fingerprint density at radius 2 is 2.10 bits per heavy atom. The molecule has 2 rings (SSSR count). The maximum Gasteiger partial charge on any atom is 0.246 e. The van der Waals surface area contributed by atoms with E-state index in [9.17, 15) is 4.79 Å². The average Bonchev–Trinajstić information content (AvgIpc) is 2.91. The van der Waals surface area contributed by atoms with Gasteiger partial charge < -0.3 is 14.8 Å². The molecule has 0 aliphatic rings. The normalized spacial score (nSPS) is 10.2. The minimum absolute atomic E-state index is 0.0141. The highest BCUT2D eigenvalue weighted by Crippen LogP contribution is 2.35. The summed E-state index contributed by atoms with van der Waals surface area (Å²) in [5, 5.41) is 13.5. The van der Waals surface area contributed by atoms with Crippen LogP contribution >= 0.6 is 11.6 Å². The van der Waals surface area contributed by atoms with Crippen LogP contribution in [0.25, 0.3) is 0 Å². The van der Waals surface area contributed by atoms with Crippen molar-refractivity contribution in [2.75, 3.05) is 19.5 Å². The Labute approximate surface area is 119 Å². The highest BCUT2D eigenvalue weighted by molar-refractivity contribution is 6.32. The van der Waals surface area contributed by atoms with Gasteiger partial charge in [0.1, 0.15) is 24.4 Å². The number of hydrogen-bond acceptors (Lipinski definition) is 6. The highest BCUT2D eigenvalue weighted by Gasteiger charge is 2.13. The molecule has 0 atom stereocenters. The molecule has 20 heavy (non-hydrogen) atoms. The number of rotatable bonds is 5. The van der Waals surface area contributed by atoms with E-state index in [1.165, 1.54) is 25.2 Å². The molecule has 0 radical (unpaired) electrons. The number of halogens is 1. The van der Waals surface area contributed by atoms with Crippen LogP contribution in [-0.2, 0) is 11.3 Å². The van der Waals surface area contributed by atoms with Crippen molar-refractivity contribution in [1.29, 1.82) is 0 Å². The van der Waals surface area contributed by atoms with Crippen molar-refractivity contribution in [2.24, 2.45) is 0 Å². The molecule has 0 aliphatic carbocycles. The molecule has 0 unspecified atom stereocenters. The summed E-state index contributed by atoms with van der Waals surface area (Å²) < 4.78 is 11.6. The lowest BCUT2D eigenvalue weighted by atomic mass is 10.2. The highest BCUT2D eigenvalue weighted by atomic mass is 35.5. The second-order valence-electron chi connectivity index (χ2n) is 3.74. The van der Waals surface area contributed by atoms with Crippen molar-refractivity contribution >= 4 is 23.2 Å². The van der Waals surface area contributed by atoms with Crippen LogP contribution in [0, 0.1) is 0 Å². The number of nitrogens with zero attached hydrogens (tertiary/aromatic N) is 4. The van der Waals surface area contributed by atoms with Crippen LogP contribution in [0.5, 0.6) is 11.5 Å². The van der Waals surface area contributed by atoms with Gasteiger partial charge in [-0.05, 0) is 16.5 Å². The van der Waals surface area contributed by atoms with Crippen LogP contribution in [0.1, 0.15) is 0 Å². The molecule has 0 bridgehead atoms. The Kier molecular flexibility index (Phi) is 4.36. The Morgan fingerprint density at radius 1 is 1.35 bits per heavy atom. The van der Waals surface area contributed by atoms with E-state index in [0.29, 0.717) is 22.2 Å². The minimum Gasteiger partial charge on any atom is -0.495 e. The van der Waals surface area contributed by atoms with E-state index in [2.05, 4.69) is 20.8 Å². The zero-order valence-corrected chi connectivity index (χ0v) is 11.6. The summed E-state index contributed by atoms with van der Waals surface area (Å²) in [4.78, 5) is 11.9. The van der Waals surface area contributed by atoms with Gasteiger partial charge in [-0.1, -0.05) is 11.6 Å². The van der Waals surface area contributed by atoms with Crippen molar-refractivity contribution in [3.05, 3.63) is 23.5 Å². The molecule has 0 fully saturated rings. The number of hydrogen-bond donors (Lipinski definition) is 1. The van der Waals surface area contributed by atoms with E-state index in [1.54, 1.807) is 12.1 Å². The number of ether oxygens (including phenoxy) is 2. The van der Waals surface area contributed by atoms with E-state index in [0.717, 1.165) is 0 Å². The van der Waals surface area contributed by atoms with Gasteiger partial charge in [-0.15, -0.1) is 5.10 Å². The molecule has 8 nitrogen and oxygen atoms in total. The standard InChI is InChI=1S/C11H12ClN5O3/c1-19-9-4-10(20-2)8(3-7(9)12)14-11(18)5-17-6-13-15-16-17/h3-4,6H,5H2,1-2H3,(H,14,18). The number of anilines is 1. The molecule has 106 valence electrons. The third-order valence-corrected chi connectivity index (χ3v) is 2.74. The van der Waals surface area contributed by atoms with Gasteiger partial charge in [-0.25, -0.2) is 4.68 Å². The Hall–Kier alpha value is -2.35. The number of aromatic nitrogens is 4. The smallest absolute Gasteiger partial charge is 0.246 e. The molecule has 0 saturated carbocycles. The van der Waals surface area contributed by atoms with Gasteiger partial charge in [0, 0.05) is 6.07 Å². The van der Waals surface area contributed by atoms with Gasteiger partial charge >= 0.3 is 0 Å². The van der Waals surface area contributed by atoms with E-state index in [4.69, 9.17) is 21.1 Å². The first-order chi connectivity index (χ1) is 9.63. The number of tetrazole rings is 1. The van der Waals surface area contributed by atoms with Crippen LogP contribution in [0.4, 0.5) is 5.69 Å². The van der Waals surface area contributed by atoms with Crippen molar-refractivity contribution < 1.29 is 14.3 Å². The largest absolute Gasteiger partial charge is 0.495 e. The molecule has 1 amide bonds. The molecule has 1 aromatic carbocycles. The van der Waals surface area contributed by atoms with Gasteiger partial charge in [0.25, 0.3) is 0 Å². The van der Waals surface area contributed by atoms with Gasteiger partial charge in [-0.2, -0.15) is 0 Å². The zero-order chi connectivity index (χ0) is 14.5. The van der Waals surface area contributed by atoms with E-state index in [-0.39, 0.29) is 12.5 Å². The number of carbonyl (C=O) groups is 1. The van der Waals surface area contributed by atoms with E-state index < -0.39 is 0 Å². The molecule has 0 spiro atoms. The molecule has 1 N–H and O–H groups in total. The van der Waals surface area contributed by atoms with Crippen LogP contribution in [-0.4, -0.2) is 40.3 Å². The summed E-state index contributed by atoms with van der Waals surface area (Å²) in [5.41, 5.74) is 0.441. The lowest BCUT2D eigenvalue weighted by molar-refractivity contribution is -0.116. The lowest BCUT2D eigenvalue weighted by Gasteiger charge is -2.12. The first-order valence-corrected chi connectivity index (χ1v) is 5.94. The van der Waals surface area contributed by atoms with E-state index in [1.807, 2.05) is 0 Å². The van der Waals surface area contributed by atoms with Crippen LogP contribution < -0.4 is 14.8 Å². The fourth-order valence-corrected chi connectivity index (χ4v) is 1.79. The van der Waals surface area contributed by atoms with Crippen LogP contribution in [0.15, 0.2) is 18.5 Å². The summed E-state index contributed by atoms with van der Waals surface area (Å²) >= 11 is 6.02. The van der Waals surface area contributed by atoms with Crippen molar-refractivity contribution in [1.82, 2.24) is 20.2 Å². The maximum absolute atomic E-state index is 11.9. The van der Waals surface area contributed by atoms with Crippen molar-refractivity contribution in [3.63, 3.8) is 0 Å². The van der Waals surface area contributed by atoms with Crippen LogP contribution in [0.3, 0.4) is 0 Å². The number of benzene rings is 1. The number of nitrogens with one attached hydrogen (secondary N) is 1. The second-order valence-corrected chi connectivity index (χ2v) is 4.15. The fourth-order valence-electron chi connectivity index (χ4n) is 1.55. The minimum atomic E-state index is -0.308. The fraction of sp³-hybridized carbons (Fsp3) is 0.273. The average molecular weight is 298 g/mol. The quantitative estimate of drug-likeness (QED) is 0.884. The molecule has 1 heterocycles. The van der Waals surface area contributed by atoms with Crippen molar-refractivity contribution in [3.8, 4) is 11.5 Å². The lowest BCUT2D eigenvalue weighted by Crippen LogP contribution is -2.19. The summed E-state index contributed by atoms with van der Waals surface area (Å²) in [6.45, 7) is -0.0141. The van der Waals surface area contributed by atoms with Gasteiger partial charge in [0.2, 0.25) is 5.91 Å². The van der Waals surface area contributed by atoms with E-state index >= 15 is 0 Å². The van der Waals surface area contributed by atoms with Crippen molar-refractivity contribution in [2.45, 2.75) is 6.54 Å². The predicted octanol–water partition coefficient (Wildman–Crippen LogP) is 0.982. The number of carbonyl (C=O) groups excluding carboxylic acids is 1. The Morgan fingerprint density at radius 3 is 2.70 bits per heavy atom. The SMILES string of the molecule is COc1cc(OC)c(NC(=O)Cn2cnnn2)cc1Cl. The number of methoxy groups -OCH3 is 2. The predicted molar refractivity (Wildman–Crippen MR) is 71.0 cm³/mol. The zero-order valence-electron chi connectivity index (χ0n) is 10.8. The molecule has 0 saturated heterocycles. The van der Waals surface area contributed by atoms with Gasteiger partial charge in [0.05, 0.1) is 24.9 Å². The number of amides is 1. The Balaban J connectivity index is 2.15. The summed E-state index contributed by atoms with van der Waals surface area (Å²) in [5.74, 6) is 0.593.